The second-order valence-corrected chi connectivity index (χ2v) is 4.55. The summed E-state index contributed by atoms with van der Waals surface area (Å²) in [4.78, 5) is 0. The molecule has 0 bridgehead atoms. The lowest BCUT2D eigenvalue weighted by Gasteiger charge is -2.11. The third-order valence-corrected chi connectivity index (χ3v) is 3.69. The molecule has 1 N–H and O–H groups in total. The minimum atomic E-state index is 0. The molecule has 1 aliphatic heterocycles. The molecule has 2 aliphatic rings. The predicted octanol–water partition coefficient (Wildman–Crippen LogP) is 2.28. The molecule has 14 heavy (non-hydrogen) atoms. The highest BCUT2D eigenvalue weighted by Crippen LogP contribution is 2.56. The van der Waals surface area contributed by atoms with Crippen LogP contribution >= 0.6 is 12.4 Å². The van der Waals surface area contributed by atoms with Crippen LogP contribution in [0.4, 0.5) is 0 Å². The third-order valence-electron chi connectivity index (χ3n) is 3.69. The molecule has 2 fully saturated rings. The van der Waals surface area contributed by atoms with Crippen molar-refractivity contribution in [2.75, 3.05) is 13.1 Å². The first kappa shape index (κ1) is 10.0. The molecule has 1 aromatic rings. The molecule has 0 aromatic heterocycles. The van der Waals surface area contributed by atoms with Crippen molar-refractivity contribution in [3.8, 4) is 0 Å². The van der Waals surface area contributed by atoms with Gasteiger partial charge in [-0.05, 0) is 31.4 Å². The molecule has 3 rings (SSSR count). The summed E-state index contributed by atoms with van der Waals surface area (Å²) in [5.41, 5.74) is 3.45. The number of aryl methyl sites for hydroxylation is 1. The summed E-state index contributed by atoms with van der Waals surface area (Å²) in [6, 6.07) is 9.08. The van der Waals surface area contributed by atoms with Gasteiger partial charge in [0.1, 0.15) is 0 Å². The third kappa shape index (κ3) is 1.27. The quantitative estimate of drug-likeness (QED) is 0.749. The van der Waals surface area contributed by atoms with E-state index >= 15 is 0 Å². The summed E-state index contributed by atoms with van der Waals surface area (Å²) in [6.07, 6.45) is 1.41. The first-order valence-electron chi connectivity index (χ1n) is 5.09. The SMILES string of the molecule is Cc1ccc([C@]23CNCC2C3)cc1.Cl. The average Bonchev–Trinajstić information content (AvgIpc) is 2.71. The van der Waals surface area contributed by atoms with E-state index in [0.717, 1.165) is 5.92 Å². The fourth-order valence-electron chi connectivity index (χ4n) is 2.68. The summed E-state index contributed by atoms with van der Waals surface area (Å²) in [7, 11) is 0. The van der Waals surface area contributed by atoms with E-state index in [1.54, 1.807) is 5.56 Å². The van der Waals surface area contributed by atoms with Gasteiger partial charge in [0, 0.05) is 12.0 Å². The van der Waals surface area contributed by atoms with E-state index in [1.807, 2.05) is 0 Å². The highest BCUT2D eigenvalue weighted by molar-refractivity contribution is 5.85. The van der Waals surface area contributed by atoms with Crippen LogP contribution in [0.25, 0.3) is 0 Å². The Labute approximate surface area is 91.3 Å². The predicted molar refractivity (Wildman–Crippen MR) is 61.1 cm³/mol. The summed E-state index contributed by atoms with van der Waals surface area (Å²) in [6.45, 7) is 4.58. The van der Waals surface area contributed by atoms with Crippen molar-refractivity contribution in [3.63, 3.8) is 0 Å². The maximum Gasteiger partial charge on any atom is 0.0122 e. The molecule has 1 nitrogen and oxygen atoms in total. The molecule has 2 atom stereocenters. The largest absolute Gasteiger partial charge is 0.316 e. The molecular weight excluding hydrogens is 194 g/mol. The highest BCUT2D eigenvalue weighted by atomic mass is 35.5. The summed E-state index contributed by atoms with van der Waals surface area (Å²) in [5.74, 6) is 0.926. The Morgan fingerprint density at radius 1 is 1.29 bits per heavy atom. The van der Waals surface area contributed by atoms with E-state index in [2.05, 4.69) is 36.5 Å². The van der Waals surface area contributed by atoms with Gasteiger partial charge >= 0.3 is 0 Å². The fraction of sp³-hybridized carbons (Fsp3) is 0.500. The molecule has 1 unspecified atom stereocenters. The fourth-order valence-corrected chi connectivity index (χ4v) is 2.68. The van der Waals surface area contributed by atoms with Gasteiger partial charge in [0.15, 0.2) is 0 Å². The van der Waals surface area contributed by atoms with Gasteiger partial charge in [0.2, 0.25) is 0 Å². The molecule has 76 valence electrons. The minimum absolute atomic E-state index is 0. The average molecular weight is 210 g/mol. The van der Waals surface area contributed by atoms with Gasteiger partial charge in [-0.25, -0.2) is 0 Å². The normalized spacial score (nSPS) is 33.4. The zero-order valence-electron chi connectivity index (χ0n) is 8.42. The van der Waals surface area contributed by atoms with Gasteiger partial charge in [0.05, 0.1) is 0 Å². The highest BCUT2D eigenvalue weighted by Gasteiger charge is 2.57. The summed E-state index contributed by atoms with van der Waals surface area (Å²) in [5, 5.41) is 3.48. The standard InChI is InChI=1S/C12H15N.ClH/c1-9-2-4-10(5-3-9)12-6-11(12)7-13-8-12;/h2-5,11,13H,6-8H2,1H3;1H/t11?,12-;/m0./s1. The number of halogens is 1. The Balaban J connectivity index is 0.000000750. The van der Waals surface area contributed by atoms with Crippen LogP contribution in [0.1, 0.15) is 17.5 Å². The van der Waals surface area contributed by atoms with Crippen molar-refractivity contribution < 1.29 is 0 Å². The second kappa shape index (κ2) is 3.25. The van der Waals surface area contributed by atoms with Crippen molar-refractivity contribution in [1.29, 1.82) is 0 Å². The number of fused-ring (bicyclic) bond motifs is 1. The molecule has 1 saturated heterocycles. The van der Waals surface area contributed by atoms with E-state index in [-0.39, 0.29) is 12.4 Å². The van der Waals surface area contributed by atoms with Gasteiger partial charge in [0.25, 0.3) is 0 Å². The topological polar surface area (TPSA) is 12.0 Å². The molecule has 0 amide bonds. The Morgan fingerprint density at radius 2 is 2.00 bits per heavy atom. The van der Waals surface area contributed by atoms with Gasteiger partial charge in [-0.2, -0.15) is 0 Å². The molecular formula is C12H16ClN. The van der Waals surface area contributed by atoms with Crippen molar-refractivity contribution in [1.82, 2.24) is 5.32 Å². The molecule has 1 heterocycles. The minimum Gasteiger partial charge on any atom is -0.316 e. The molecule has 0 radical (unpaired) electrons. The smallest absolute Gasteiger partial charge is 0.0122 e. The molecule has 1 aromatic carbocycles. The van der Waals surface area contributed by atoms with Crippen molar-refractivity contribution in [3.05, 3.63) is 35.4 Å². The molecule has 0 spiro atoms. The Kier molecular flexibility index (Phi) is 2.32. The van der Waals surface area contributed by atoms with Crippen molar-refractivity contribution in [2.45, 2.75) is 18.8 Å². The van der Waals surface area contributed by atoms with Crippen molar-refractivity contribution >= 4 is 12.4 Å². The van der Waals surface area contributed by atoms with E-state index in [1.165, 1.54) is 25.1 Å². The zero-order chi connectivity index (χ0) is 8.89. The van der Waals surface area contributed by atoms with Gasteiger partial charge in [-0.3, -0.25) is 0 Å². The number of hydrogen-bond donors (Lipinski definition) is 1. The lowest BCUT2D eigenvalue weighted by molar-refractivity contribution is 0.675. The maximum absolute atomic E-state index is 3.48. The first-order chi connectivity index (χ1) is 6.31. The number of hydrogen-bond acceptors (Lipinski definition) is 1. The number of piperidine rings is 1. The molecule has 2 heteroatoms. The second-order valence-electron chi connectivity index (χ2n) is 4.55. The van der Waals surface area contributed by atoms with Crippen molar-refractivity contribution in [2.24, 2.45) is 5.92 Å². The Bertz CT molecular complexity index is 333. The monoisotopic (exact) mass is 209 g/mol. The zero-order valence-corrected chi connectivity index (χ0v) is 9.23. The lowest BCUT2D eigenvalue weighted by Crippen LogP contribution is -2.19. The van der Waals surface area contributed by atoms with Crippen LogP contribution in [0, 0.1) is 12.8 Å². The lowest BCUT2D eigenvalue weighted by atomic mass is 9.94. The van der Waals surface area contributed by atoms with E-state index < -0.39 is 0 Å². The van der Waals surface area contributed by atoms with Crippen LogP contribution in [0.3, 0.4) is 0 Å². The van der Waals surface area contributed by atoms with Crippen LogP contribution in [-0.2, 0) is 5.41 Å². The van der Waals surface area contributed by atoms with Gasteiger partial charge < -0.3 is 5.32 Å². The maximum atomic E-state index is 3.48. The van der Waals surface area contributed by atoms with Crippen LogP contribution in [-0.4, -0.2) is 13.1 Å². The van der Waals surface area contributed by atoms with Crippen LogP contribution in [0.5, 0.6) is 0 Å². The van der Waals surface area contributed by atoms with E-state index in [9.17, 15) is 0 Å². The number of nitrogens with one attached hydrogen (secondary N) is 1. The number of rotatable bonds is 1. The molecule has 1 saturated carbocycles. The van der Waals surface area contributed by atoms with Crippen LogP contribution < -0.4 is 5.32 Å². The summed E-state index contributed by atoms with van der Waals surface area (Å²) >= 11 is 0. The number of benzene rings is 1. The van der Waals surface area contributed by atoms with Gasteiger partial charge in [-0.15, -0.1) is 12.4 Å². The Morgan fingerprint density at radius 3 is 2.50 bits per heavy atom. The van der Waals surface area contributed by atoms with E-state index in [0.29, 0.717) is 5.41 Å². The Hall–Kier alpha value is -0.530. The summed E-state index contributed by atoms with van der Waals surface area (Å²) < 4.78 is 0. The van der Waals surface area contributed by atoms with E-state index in [4.69, 9.17) is 0 Å². The first-order valence-corrected chi connectivity index (χ1v) is 5.09. The van der Waals surface area contributed by atoms with Crippen LogP contribution in [0.2, 0.25) is 0 Å². The molecule has 1 aliphatic carbocycles. The van der Waals surface area contributed by atoms with Gasteiger partial charge in [-0.1, -0.05) is 29.8 Å². The van der Waals surface area contributed by atoms with Crippen LogP contribution in [0.15, 0.2) is 24.3 Å².